The minimum Gasteiger partial charge on any atom is -0.456 e. The third-order valence-electron chi connectivity index (χ3n) is 6.94. The largest absolute Gasteiger partial charge is 0.456 e. The average Bonchev–Trinajstić information content (AvgIpc) is 3.33. The molecular formula is C22H27NO5. The number of rotatable bonds is 2. The van der Waals surface area contributed by atoms with E-state index in [2.05, 4.69) is 23.6 Å². The summed E-state index contributed by atoms with van der Waals surface area (Å²) in [5, 5.41) is 0. The SMILES string of the molecule is CCC1C2c3ccc(C4CC(C)C(=O)O4)n3CCCC2O[C@]12C=C(C)C(=O)O2. The van der Waals surface area contributed by atoms with E-state index in [0.29, 0.717) is 5.57 Å². The molecule has 2 saturated heterocycles. The van der Waals surface area contributed by atoms with E-state index in [-0.39, 0.29) is 41.9 Å². The quantitative estimate of drug-likeness (QED) is 0.728. The van der Waals surface area contributed by atoms with Crippen molar-refractivity contribution in [3.05, 3.63) is 35.2 Å². The molecule has 0 amide bonds. The van der Waals surface area contributed by atoms with E-state index in [1.807, 2.05) is 13.0 Å². The Kier molecular flexibility index (Phi) is 3.99. The molecule has 4 aliphatic heterocycles. The van der Waals surface area contributed by atoms with Crippen molar-refractivity contribution in [3.8, 4) is 0 Å². The molecule has 5 unspecified atom stereocenters. The van der Waals surface area contributed by atoms with Gasteiger partial charge in [0.25, 0.3) is 0 Å². The summed E-state index contributed by atoms with van der Waals surface area (Å²) in [6.07, 6.45) is 5.23. The molecule has 0 N–H and O–H groups in total. The van der Waals surface area contributed by atoms with Crippen molar-refractivity contribution in [1.82, 2.24) is 4.57 Å². The zero-order valence-electron chi connectivity index (χ0n) is 16.6. The molecule has 0 radical (unpaired) electrons. The molecule has 5 rings (SSSR count). The molecule has 0 saturated carbocycles. The van der Waals surface area contributed by atoms with Crippen LogP contribution >= 0.6 is 0 Å². The third-order valence-corrected chi connectivity index (χ3v) is 6.94. The fraction of sp³-hybridized carbons (Fsp3) is 0.636. The minimum absolute atomic E-state index is 0.0222. The van der Waals surface area contributed by atoms with Crippen LogP contribution in [-0.2, 0) is 30.3 Å². The number of fused-ring (bicyclic) bond motifs is 3. The van der Waals surface area contributed by atoms with Crippen LogP contribution in [0.4, 0.5) is 0 Å². The Morgan fingerprint density at radius 1 is 1.25 bits per heavy atom. The highest BCUT2D eigenvalue weighted by molar-refractivity contribution is 5.90. The maximum absolute atomic E-state index is 12.1. The van der Waals surface area contributed by atoms with Gasteiger partial charge in [-0.15, -0.1) is 0 Å². The summed E-state index contributed by atoms with van der Waals surface area (Å²) in [5.41, 5.74) is 2.92. The van der Waals surface area contributed by atoms with E-state index in [1.165, 1.54) is 5.69 Å². The topological polar surface area (TPSA) is 66.8 Å². The summed E-state index contributed by atoms with van der Waals surface area (Å²) in [6, 6.07) is 4.26. The summed E-state index contributed by atoms with van der Waals surface area (Å²) in [4.78, 5) is 24.1. The van der Waals surface area contributed by atoms with Crippen LogP contribution in [0.3, 0.4) is 0 Å². The molecule has 1 aromatic heterocycles. The number of esters is 2. The van der Waals surface area contributed by atoms with Crippen molar-refractivity contribution in [1.29, 1.82) is 0 Å². The minimum atomic E-state index is -0.938. The fourth-order valence-corrected chi connectivity index (χ4v) is 5.62. The molecule has 6 atom stereocenters. The second-order valence-electron chi connectivity index (χ2n) is 8.67. The lowest BCUT2D eigenvalue weighted by molar-refractivity contribution is -0.204. The van der Waals surface area contributed by atoms with E-state index in [0.717, 1.165) is 37.9 Å². The van der Waals surface area contributed by atoms with E-state index in [4.69, 9.17) is 14.2 Å². The Morgan fingerprint density at radius 2 is 2.04 bits per heavy atom. The number of carbonyl (C=O) groups is 2. The molecule has 6 heteroatoms. The molecule has 2 fully saturated rings. The molecule has 0 aromatic carbocycles. The molecular weight excluding hydrogens is 358 g/mol. The van der Waals surface area contributed by atoms with Crippen molar-refractivity contribution >= 4 is 11.9 Å². The van der Waals surface area contributed by atoms with Crippen LogP contribution in [0.5, 0.6) is 0 Å². The van der Waals surface area contributed by atoms with E-state index in [1.54, 1.807) is 6.92 Å². The number of carbonyl (C=O) groups excluding carboxylic acids is 2. The van der Waals surface area contributed by atoms with Gasteiger partial charge in [0.1, 0.15) is 6.10 Å². The van der Waals surface area contributed by atoms with Crippen LogP contribution in [-0.4, -0.2) is 28.4 Å². The van der Waals surface area contributed by atoms with E-state index < -0.39 is 5.79 Å². The second kappa shape index (κ2) is 6.21. The van der Waals surface area contributed by atoms with Gasteiger partial charge in [-0.1, -0.05) is 13.8 Å². The molecule has 150 valence electrons. The normalized spacial score (nSPS) is 39.4. The highest BCUT2D eigenvalue weighted by Gasteiger charge is 2.59. The number of cyclic esters (lactones) is 1. The van der Waals surface area contributed by atoms with Gasteiger partial charge in [-0.2, -0.15) is 0 Å². The van der Waals surface area contributed by atoms with Crippen LogP contribution in [0.2, 0.25) is 0 Å². The zero-order chi connectivity index (χ0) is 19.6. The summed E-state index contributed by atoms with van der Waals surface area (Å²) >= 11 is 0. The van der Waals surface area contributed by atoms with Gasteiger partial charge in [-0.05, 0) is 44.4 Å². The molecule has 5 heterocycles. The molecule has 0 aliphatic carbocycles. The van der Waals surface area contributed by atoms with E-state index >= 15 is 0 Å². The predicted molar refractivity (Wildman–Crippen MR) is 100 cm³/mol. The standard InChI is InChI=1S/C22H27NO5/c1-4-14-19-16-8-7-15(18-10-12(2)20(24)26-18)23(16)9-5-6-17(19)27-22(14)11-13(3)21(25)28-22/h7-8,11-12,14,17-19H,4-6,9-10H2,1-3H3/t12?,14?,17?,18?,19?,22-/m0/s1. The third kappa shape index (κ3) is 2.43. The van der Waals surface area contributed by atoms with Crippen LogP contribution in [0.25, 0.3) is 0 Å². The van der Waals surface area contributed by atoms with Crippen molar-refractivity contribution in [3.63, 3.8) is 0 Å². The summed E-state index contributed by atoms with van der Waals surface area (Å²) in [6.45, 7) is 6.74. The smallest absolute Gasteiger partial charge is 0.336 e. The molecule has 4 aliphatic rings. The Labute approximate surface area is 164 Å². The first-order chi connectivity index (χ1) is 13.4. The summed E-state index contributed by atoms with van der Waals surface area (Å²) < 4.78 is 20.2. The van der Waals surface area contributed by atoms with Crippen molar-refractivity contribution in [2.45, 2.75) is 76.9 Å². The van der Waals surface area contributed by atoms with Gasteiger partial charge in [-0.3, -0.25) is 4.79 Å². The predicted octanol–water partition coefficient (Wildman–Crippen LogP) is 3.61. The Balaban J connectivity index is 1.54. The van der Waals surface area contributed by atoms with Gasteiger partial charge >= 0.3 is 11.9 Å². The lowest BCUT2D eigenvalue weighted by Gasteiger charge is -2.29. The van der Waals surface area contributed by atoms with Gasteiger partial charge in [0.05, 0.1) is 17.7 Å². The summed E-state index contributed by atoms with van der Waals surface area (Å²) in [7, 11) is 0. The highest BCUT2D eigenvalue weighted by atomic mass is 16.7. The first kappa shape index (κ1) is 18.0. The maximum Gasteiger partial charge on any atom is 0.336 e. The van der Waals surface area contributed by atoms with Crippen LogP contribution in [0, 0.1) is 11.8 Å². The van der Waals surface area contributed by atoms with Gasteiger partial charge < -0.3 is 18.8 Å². The van der Waals surface area contributed by atoms with Gasteiger partial charge in [0.2, 0.25) is 5.79 Å². The molecule has 0 bridgehead atoms. The molecule has 1 spiro atoms. The maximum atomic E-state index is 12.1. The monoisotopic (exact) mass is 385 g/mol. The number of hydrogen-bond acceptors (Lipinski definition) is 5. The Morgan fingerprint density at radius 3 is 2.68 bits per heavy atom. The molecule has 6 nitrogen and oxygen atoms in total. The molecule has 28 heavy (non-hydrogen) atoms. The van der Waals surface area contributed by atoms with E-state index in [9.17, 15) is 9.59 Å². The van der Waals surface area contributed by atoms with Crippen molar-refractivity contribution in [2.75, 3.05) is 0 Å². The van der Waals surface area contributed by atoms with Crippen molar-refractivity contribution < 1.29 is 23.8 Å². The van der Waals surface area contributed by atoms with Crippen LogP contribution in [0.1, 0.15) is 69.9 Å². The lowest BCUT2D eigenvalue weighted by atomic mass is 9.80. The van der Waals surface area contributed by atoms with Crippen LogP contribution in [0.15, 0.2) is 23.8 Å². The van der Waals surface area contributed by atoms with Crippen molar-refractivity contribution in [2.24, 2.45) is 11.8 Å². The highest BCUT2D eigenvalue weighted by Crippen LogP contribution is 2.54. The Hall–Kier alpha value is -2.08. The average molecular weight is 385 g/mol. The van der Waals surface area contributed by atoms with Gasteiger partial charge in [0.15, 0.2) is 0 Å². The molecule has 1 aromatic rings. The number of ether oxygens (including phenoxy) is 3. The fourth-order valence-electron chi connectivity index (χ4n) is 5.62. The first-order valence-electron chi connectivity index (χ1n) is 10.4. The van der Waals surface area contributed by atoms with Gasteiger partial charge in [-0.25, -0.2) is 4.79 Å². The van der Waals surface area contributed by atoms with Crippen LogP contribution < -0.4 is 0 Å². The first-order valence-corrected chi connectivity index (χ1v) is 10.4. The summed E-state index contributed by atoms with van der Waals surface area (Å²) in [5.74, 6) is -1.15. The zero-order valence-corrected chi connectivity index (χ0v) is 16.6. The Bertz CT molecular complexity index is 870. The number of nitrogens with zero attached hydrogens (tertiary/aromatic N) is 1. The number of hydrogen-bond donors (Lipinski definition) is 0. The lowest BCUT2D eigenvalue weighted by Crippen LogP contribution is -2.36. The van der Waals surface area contributed by atoms with Gasteiger partial charge in [0, 0.05) is 36.1 Å². The second-order valence-corrected chi connectivity index (χ2v) is 8.67. The number of aromatic nitrogens is 1.